The molecule has 142 valence electrons. The number of nitrogens with one attached hydrogen (secondary N) is 1. The molecule has 5 nitrogen and oxygen atoms in total. The van der Waals surface area contributed by atoms with E-state index in [4.69, 9.17) is 4.74 Å². The minimum Gasteiger partial charge on any atom is -0.497 e. The average Bonchev–Trinajstić information content (AvgIpc) is 2.70. The number of fused-ring (bicyclic) bond motifs is 1. The molecule has 0 aromatic heterocycles. The SMILES string of the molecule is CCCCNC(=O)[C@@H]1c2ccccc2C(=O)N(C)[C@H]1c1ccc(OC)cc1. The number of ether oxygens (including phenoxy) is 1. The minimum absolute atomic E-state index is 0.0453. The molecule has 1 aliphatic heterocycles. The first kappa shape index (κ1) is 19.0. The molecule has 0 bridgehead atoms. The number of carbonyl (C=O) groups excluding carboxylic acids is 2. The van der Waals surface area contributed by atoms with Gasteiger partial charge in [-0.05, 0) is 35.7 Å². The molecule has 0 saturated heterocycles. The van der Waals surface area contributed by atoms with Gasteiger partial charge in [0.15, 0.2) is 0 Å². The third kappa shape index (κ3) is 3.68. The van der Waals surface area contributed by atoms with Gasteiger partial charge >= 0.3 is 0 Å². The summed E-state index contributed by atoms with van der Waals surface area (Å²) in [6.07, 6.45) is 1.95. The predicted molar refractivity (Wildman–Crippen MR) is 105 cm³/mol. The van der Waals surface area contributed by atoms with Gasteiger partial charge in [-0.25, -0.2) is 0 Å². The average molecular weight is 366 g/mol. The Bertz CT molecular complexity index is 817. The normalized spacial score (nSPS) is 18.8. The molecule has 2 amide bonds. The van der Waals surface area contributed by atoms with Crippen LogP contribution in [0, 0.1) is 0 Å². The van der Waals surface area contributed by atoms with E-state index in [-0.39, 0.29) is 17.9 Å². The lowest BCUT2D eigenvalue weighted by atomic mass is 9.79. The Morgan fingerprint density at radius 2 is 1.85 bits per heavy atom. The van der Waals surface area contributed by atoms with Gasteiger partial charge in [-0.2, -0.15) is 0 Å². The number of amides is 2. The maximum absolute atomic E-state index is 13.1. The van der Waals surface area contributed by atoms with Crippen molar-refractivity contribution >= 4 is 11.8 Å². The fourth-order valence-corrected chi connectivity index (χ4v) is 3.67. The number of hydrogen-bond donors (Lipinski definition) is 1. The van der Waals surface area contributed by atoms with Gasteiger partial charge in [0.1, 0.15) is 5.75 Å². The van der Waals surface area contributed by atoms with Gasteiger partial charge in [0, 0.05) is 19.2 Å². The van der Waals surface area contributed by atoms with Crippen molar-refractivity contribution in [2.75, 3.05) is 20.7 Å². The van der Waals surface area contributed by atoms with Gasteiger partial charge in [0.25, 0.3) is 5.91 Å². The first-order valence-corrected chi connectivity index (χ1v) is 9.36. The van der Waals surface area contributed by atoms with Crippen LogP contribution in [0.25, 0.3) is 0 Å². The number of rotatable bonds is 6. The van der Waals surface area contributed by atoms with E-state index in [0.717, 1.165) is 29.7 Å². The van der Waals surface area contributed by atoms with Crippen LogP contribution in [0.4, 0.5) is 0 Å². The molecule has 2 atom stereocenters. The molecule has 1 aliphatic rings. The van der Waals surface area contributed by atoms with Gasteiger partial charge < -0.3 is 15.0 Å². The molecule has 27 heavy (non-hydrogen) atoms. The summed E-state index contributed by atoms with van der Waals surface area (Å²) in [4.78, 5) is 27.7. The fourth-order valence-electron chi connectivity index (χ4n) is 3.67. The number of carbonyl (C=O) groups is 2. The van der Waals surface area contributed by atoms with E-state index in [0.29, 0.717) is 12.1 Å². The molecule has 2 aromatic rings. The van der Waals surface area contributed by atoms with E-state index in [9.17, 15) is 9.59 Å². The van der Waals surface area contributed by atoms with Crippen molar-refractivity contribution in [1.29, 1.82) is 0 Å². The number of hydrogen-bond acceptors (Lipinski definition) is 3. The van der Waals surface area contributed by atoms with Crippen LogP contribution in [0.3, 0.4) is 0 Å². The van der Waals surface area contributed by atoms with E-state index in [1.807, 2.05) is 42.5 Å². The number of likely N-dealkylation sites (N-methyl/N-ethyl adjacent to an activating group) is 1. The molecule has 0 spiro atoms. The molecule has 5 heteroatoms. The summed E-state index contributed by atoms with van der Waals surface area (Å²) in [6.45, 7) is 2.73. The number of nitrogens with zero attached hydrogens (tertiary/aromatic N) is 1. The lowest BCUT2D eigenvalue weighted by Crippen LogP contribution is -2.45. The number of benzene rings is 2. The summed E-state index contributed by atoms with van der Waals surface area (Å²) in [7, 11) is 3.38. The smallest absolute Gasteiger partial charge is 0.254 e. The van der Waals surface area contributed by atoms with E-state index < -0.39 is 5.92 Å². The van der Waals surface area contributed by atoms with Gasteiger partial charge in [0.05, 0.1) is 19.1 Å². The Morgan fingerprint density at radius 1 is 1.15 bits per heavy atom. The van der Waals surface area contributed by atoms with Crippen LogP contribution in [0.15, 0.2) is 48.5 Å². The van der Waals surface area contributed by atoms with Gasteiger partial charge in [-0.15, -0.1) is 0 Å². The van der Waals surface area contributed by atoms with Crippen molar-refractivity contribution in [3.8, 4) is 5.75 Å². The van der Waals surface area contributed by atoms with Crippen LogP contribution in [0.2, 0.25) is 0 Å². The molecule has 0 radical (unpaired) electrons. The molecule has 1 N–H and O–H groups in total. The van der Waals surface area contributed by atoms with Crippen LogP contribution >= 0.6 is 0 Å². The molecule has 0 fully saturated rings. The van der Waals surface area contributed by atoms with E-state index in [2.05, 4.69) is 12.2 Å². The standard InChI is InChI=1S/C22H26N2O3/c1-4-5-14-23-21(25)19-17-8-6-7-9-18(17)22(26)24(2)20(19)15-10-12-16(27-3)13-11-15/h6-13,19-20H,4-5,14H2,1-3H3,(H,23,25)/t19-,20+/m1/s1. The zero-order chi connectivity index (χ0) is 19.4. The highest BCUT2D eigenvalue weighted by Gasteiger charge is 2.42. The largest absolute Gasteiger partial charge is 0.497 e. The lowest BCUT2D eigenvalue weighted by Gasteiger charge is -2.39. The van der Waals surface area contributed by atoms with Crippen LogP contribution < -0.4 is 10.1 Å². The topological polar surface area (TPSA) is 58.6 Å². The third-order valence-corrected chi connectivity index (χ3v) is 5.15. The van der Waals surface area contributed by atoms with Crippen molar-refractivity contribution in [3.63, 3.8) is 0 Å². The Labute approximate surface area is 160 Å². The molecule has 0 aliphatic carbocycles. The first-order chi connectivity index (χ1) is 13.1. The van der Waals surface area contributed by atoms with Gasteiger partial charge in [-0.3, -0.25) is 9.59 Å². The highest BCUT2D eigenvalue weighted by molar-refractivity contribution is 6.01. The fraction of sp³-hybridized carbons (Fsp3) is 0.364. The van der Waals surface area contributed by atoms with Crippen LogP contribution in [0.5, 0.6) is 5.75 Å². The van der Waals surface area contributed by atoms with Gasteiger partial charge in [0.2, 0.25) is 5.91 Å². The van der Waals surface area contributed by atoms with Crippen LogP contribution in [0.1, 0.15) is 53.2 Å². The number of methoxy groups -OCH3 is 1. The predicted octanol–water partition coefficient (Wildman–Crippen LogP) is 3.52. The van der Waals surface area contributed by atoms with Gasteiger partial charge in [-0.1, -0.05) is 43.7 Å². The maximum Gasteiger partial charge on any atom is 0.254 e. The second-order valence-electron chi connectivity index (χ2n) is 6.84. The third-order valence-electron chi connectivity index (χ3n) is 5.15. The van der Waals surface area contributed by atoms with Crippen molar-refractivity contribution in [1.82, 2.24) is 10.2 Å². The van der Waals surface area contributed by atoms with Crippen molar-refractivity contribution in [2.24, 2.45) is 0 Å². The molecular formula is C22H26N2O3. The summed E-state index contributed by atoms with van der Waals surface area (Å²) < 4.78 is 5.24. The summed E-state index contributed by atoms with van der Waals surface area (Å²) in [5.74, 6) is 0.183. The Balaban J connectivity index is 2.04. The van der Waals surface area contributed by atoms with E-state index in [1.54, 1.807) is 25.1 Å². The highest BCUT2D eigenvalue weighted by atomic mass is 16.5. The highest BCUT2D eigenvalue weighted by Crippen LogP contribution is 2.42. The summed E-state index contributed by atoms with van der Waals surface area (Å²) in [5, 5.41) is 3.05. The summed E-state index contributed by atoms with van der Waals surface area (Å²) >= 11 is 0. The van der Waals surface area contributed by atoms with E-state index >= 15 is 0 Å². The minimum atomic E-state index is -0.450. The van der Waals surface area contributed by atoms with Crippen molar-refractivity contribution in [2.45, 2.75) is 31.7 Å². The monoisotopic (exact) mass is 366 g/mol. The lowest BCUT2D eigenvalue weighted by molar-refractivity contribution is -0.124. The summed E-state index contributed by atoms with van der Waals surface area (Å²) in [6, 6.07) is 14.6. The molecular weight excluding hydrogens is 340 g/mol. The van der Waals surface area contributed by atoms with Crippen molar-refractivity contribution in [3.05, 3.63) is 65.2 Å². The van der Waals surface area contributed by atoms with Crippen molar-refractivity contribution < 1.29 is 14.3 Å². The molecule has 2 aromatic carbocycles. The molecule has 0 unspecified atom stereocenters. The zero-order valence-corrected chi connectivity index (χ0v) is 16.1. The maximum atomic E-state index is 13.1. The second-order valence-corrected chi connectivity index (χ2v) is 6.84. The number of unbranched alkanes of at least 4 members (excludes halogenated alkanes) is 1. The second kappa shape index (κ2) is 8.25. The Hall–Kier alpha value is -2.82. The Kier molecular flexibility index (Phi) is 5.79. The van der Waals surface area contributed by atoms with Crippen LogP contribution in [-0.4, -0.2) is 37.4 Å². The zero-order valence-electron chi connectivity index (χ0n) is 16.1. The Morgan fingerprint density at radius 3 is 2.52 bits per heavy atom. The van der Waals surface area contributed by atoms with Crippen LogP contribution in [-0.2, 0) is 4.79 Å². The quantitative estimate of drug-likeness (QED) is 0.796. The summed E-state index contributed by atoms with van der Waals surface area (Å²) in [5.41, 5.74) is 2.30. The van der Waals surface area contributed by atoms with E-state index in [1.165, 1.54) is 0 Å². The molecule has 3 rings (SSSR count). The molecule has 0 saturated carbocycles. The molecule has 1 heterocycles. The first-order valence-electron chi connectivity index (χ1n) is 9.36.